The van der Waals surface area contributed by atoms with Crippen molar-refractivity contribution in [2.75, 3.05) is 5.32 Å². The van der Waals surface area contributed by atoms with Crippen LogP contribution in [0, 0.1) is 13.8 Å². The fourth-order valence-corrected chi connectivity index (χ4v) is 2.93. The summed E-state index contributed by atoms with van der Waals surface area (Å²) in [5.41, 5.74) is 2.94. The molecule has 2 aromatic carbocycles. The van der Waals surface area contributed by atoms with Crippen LogP contribution < -0.4 is 10.1 Å². The van der Waals surface area contributed by atoms with Gasteiger partial charge in [-0.1, -0.05) is 18.2 Å². The summed E-state index contributed by atoms with van der Waals surface area (Å²) < 4.78 is 12.2. The average molecular weight is 400 g/mol. The molecule has 0 spiro atoms. The predicted octanol–water partition coefficient (Wildman–Crippen LogP) is 5.49. The van der Waals surface area contributed by atoms with Gasteiger partial charge in [0.05, 0.1) is 4.47 Å². The summed E-state index contributed by atoms with van der Waals surface area (Å²) >= 11 is 3.43. The van der Waals surface area contributed by atoms with Crippen LogP contribution in [0.2, 0.25) is 0 Å². The number of ether oxygens (including phenoxy) is 1. The smallest absolute Gasteiger partial charge is 0.291 e. The van der Waals surface area contributed by atoms with Crippen LogP contribution in [-0.2, 0) is 6.61 Å². The van der Waals surface area contributed by atoms with Crippen LogP contribution in [0.1, 0.15) is 27.4 Å². The largest absolute Gasteiger partial charge is 0.484 e. The van der Waals surface area contributed by atoms with Gasteiger partial charge in [-0.15, -0.1) is 0 Å². The van der Waals surface area contributed by atoms with E-state index in [1.165, 1.54) is 0 Å². The minimum Gasteiger partial charge on any atom is -0.484 e. The monoisotopic (exact) mass is 399 g/mol. The number of amides is 1. The zero-order valence-electron chi connectivity index (χ0n) is 14.0. The number of halogens is 1. The second-order valence-electron chi connectivity index (χ2n) is 5.82. The minimum atomic E-state index is -0.280. The molecule has 0 fully saturated rings. The van der Waals surface area contributed by atoms with Crippen molar-refractivity contribution in [3.8, 4) is 5.75 Å². The second-order valence-corrected chi connectivity index (χ2v) is 6.67. The van der Waals surface area contributed by atoms with Crippen LogP contribution >= 0.6 is 15.9 Å². The maximum absolute atomic E-state index is 12.3. The summed E-state index contributed by atoms with van der Waals surface area (Å²) in [5, 5.41) is 2.86. The molecular weight excluding hydrogens is 382 g/mol. The molecule has 0 saturated heterocycles. The summed E-state index contributed by atoms with van der Waals surface area (Å²) in [4.78, 5) is 12.3. The summed E-state index contributed by atoms with van der Waals surface area (Å²) in [6.45, 7) is 4.23. The molecule has 0 atom stereocenters. The number of carbonyl (C=O) groups is 1. The van der Waals surface area contributed by atoms with Crippen molar-refractivity contribution in [2.45, 2.75) is 20.5 Å². The first-order valence-corrected chi connectivity index (χ1v) is 8.66. The second kappa shape index (κ2) is 7.57. The number of furan rings is 1. The third-order valence-corrected chi connectivity index (χ3v) is 4.23. The van der Waals surface area contributed by atoms with Gasteiger partial charge in [-0.05, 0) is 77.3 Å². The molecule has 1 amide bonds. The molecule has 0 radical (unpaired) electrons. The molecule has 0 bridgehead atoms. The molecule has 0 aliphatic carbocycles. The van der Waals surface area contributed by atoms with Gasteiger partial charge in [0, 0.05) is 5.69 Å². The van der Waals surface area contributed by atoms with E-state index in [0.717, 1.165) is 27.0 Å². The first-order chi connectivity index (χ1) is 12.0. The lowest BCUT2D eigenvalue weighted by Crippen LogP contribution is -2.11. The van der Waals surface area contributed by atoms with Crippen molar-refractivity contribution in [3.63, 3.8) is 0 Å². The van der Waals surface area contributed by atoms with Gasteiger partial charge in [0.15, 0.2) is 5.76 Å². The van der Waals surface area contributed by atoms with E-state index < -0.39 is 0 Å². The van der Waals surface area contributed by atoms with Gasteiger partial charge in [-0.2, -0.15) is 0 Å². The molecule has 128 valence electrons. The third kappa shape index (κ3) is 4.51. The Morgan fingerprint density at radius 3 is 2.52 bits per heavy atom. The fourth-order valence-electron chi connectivity index (χ4n) is 2.53. The Hall–Kier alpha value is -2.53. The lowest BCUT2D eigenvalue weighted by Gasteiger charge is -2.07. The van der Waals surface area contributed by atoms with Gasteiger partial charge < -0.3 is 14.5 Å². The maximum Gasteiger partial charge on any atom is 0.291 e. The van der Waals surface area contributed by atoms with Gasteiger partial charge in [0.25, 0.3) is 5.91 Å². The highest BCUT2D eigenvalue weighted by molar-refractivity contribution is 9.10. The lowest BCUT2D eigenvalue weighted by atomic mass is 10.1. The number of nitrogens with one attached hydrogen (secondary N) is 1. The number of aryl methyl sites for hydroxylation is 2. The van der Waals surface area contributed by atoms with Crippen molar-refractivity contribution >= 4 is 27.5 Å². The Kier molecular flexibility index (Phi) is 5.24. The fraction of sp³-hybridized carbons (Fsp3) is 0.150. The molecular formula is C20H18BrNO3. The quantitative estimate of drug-likeness (QED) is 0.616. The first-order valence-electron chi connectivity index (χ1n) is 7.87. The van der Waals surface area contributed by atoms with Gasteiger partial charge in [0.2, 0.25) is 0 Å². The van der Waals surface area contributed by atoms with Crippen molar-refractivity contribution in [2.24, 2.45) is 0 Å². The number of benzene rings is 2. The molecule has 3 rings (SSSR count). The number of hydrogen-bond donors (Lipinski definition) is 1. The highest BCUT2D eigenvalue weighted by Crippen LogP contribution is 2.25. The van der Waals surface area contributed by atoms with E-state index >= 15 is 0 Å². The molecule has 4 nitrogen and oxygen atoms in total. The topological polar surface area (TPSA) is 51.5 Å². The molecule has 0 saturated carbocycles. The molecule has 3 aromatic rings. The Balaban J connectivity index is 1.64. The Morgan fingerprint density at radius 2 is 1.80 bits per heavy atom. The van der Waals surface area contributed by atoms with Gasteiger partial charge in [-0.3, -0.25) is 4.79 Å². The summed E-state index contributed by atoms with van der Waals surface area (Å²) in [7, 11) is 0. The predicted molar refractivity (Wildman–Crippen MR) is 101 cm³/mol. The van der Waals surface area contributed by atoms with Crippen LogP contribution in [0.5, 0.6) is 5.75 Å². The average Bonchev–Trinajstić information content (AvgIpc) is 3.02. The SMILES string of the molecule is Cc1cc(C)cc(NC(=O)c2ccc(COc3ccccc3Br)o2)c1. The number of rotatable bonds is 5. The van der Waals surface area contributed by atoms with E-state index in [2.05, 4.69) is 27.3 Å². The van der Waals surface area contributed by atoms with Gasteiger partial charge in [0.1, 0.15) is 18.1 Å². The normalized spacial score (nSPS) is 10.5. The van der Waals surface area contributed by atoms with Crippen molar-refractivity contribution in [3.05, 3.63) is 81.7 Å². The highest BCUT2D eigenvalue weighted by atomic mass is 79.9. The van der Waals surface area contributed by atoms with Crippen molar-refractivity contribution < 1.29 is 13.9 Å². The summed E-state index contributed by atoms with van der Waals surface area (Å²) in [5.74, 6) is 1.28. The number of para-hydroxylation sites is 1. The number of carbonyl (C=O) groups excluding carboxylic acids is 1. The summed E-state index contributed by atoms with van der Waals surface area (Å²) in [6, 6.07) is 16.9. The molecule has 25 heavy (non-hydrogen) atoms. The van der Waals surface area contributed by atoms with E-state index in [1.807, 2.05) is 50.2 Å². The summed E-state index contributed by atoms with van der Waals surface area (Å²) in [6.07, 6.45) is 0. The zero-order chi connectivity index (χ0) is 17.8. The lowest BCUT2D eigenvalue weighted by molar-refractivity contribution is 0.0992. The van der Waals surface area contributed by atoms with Gasteiger partial charge >= 0.3 is 0 Å². The van der Waals surface area contributed by atoms with Crippen LogP contribution in [-0.4, -0.2) is 5.91 Å². The molecule has 1 N–H and O–H groups in total. The van der Waals surface area contributed by atoms with E-state index in [-0.39, 0.29) is 18.3 Å². The van der Waals surface area contributed by atoms with E-state index in [0.29, 0.717) is 5.76 Å². The molecule has 5 heteroatoms. The van der Waals surface area contributed by atoms with Crippen LogP contribution in [0.15, 0.2) is 63.5 Å². The third-order valence-electron chi connectivity index (χ3n) is 3.57. The molecule has 0 unspecified atom stereocenters. The van der Waals surface area contributed by atoms with Crippen molar-refractivity contribution in [1.29, 1.82) is 0 Å². The van der Waals surface area contributed by atoms with Crippen molar-refractivity contribution in [1.82, 2.24) is 0 Å². The molecule has 1 heterocycles. The molecule has 0 aliphatic rings. The van der Waals surface area contributed by atoms with E-state index in [9.17, 15) is 4.79 Å². The Bertz CT molecular complexity index is 881. The molecule has 0 aliphatic heterocycles. The standard InChI is InChI=1S/C20H18BrNO3/c1-13-9-14(2)11-15(10-13)22-20(23)19-8-7-16(25-19)12-24-18-6-4-3-5-17(18)21/h3-11H,12H2,1-2H3,(H,22,23). The highest BCUT2D eigenvalue weighted by Gasteiger charge is 2.12. The Morgan fingerprint density at radius 1 is 1.08 bits per heavy atom. The van der Waals surface area contributed by atoms with Crippen LogP contribution in [0.3, 0.4) is 0 Å². The van der Waals surface area contributed by atoms with E-state index in [4.69, 9.17) is 9.15 Å². The first kappa shape index (κ1) is 17.3. The minimum absolute atomic E-state index is 0.249. The van der Waals surface area contributed by atoms with Crippen LogP contribution in [0.25, 0.3) is 0 Å². The van der Waals surface area contributed by atoms with Crippen LogP contribution in [0.4, 0.5) is 5.69 Å². The van der Waals surface area contributed by atoms with E-state index in [1.54, 1.807) is 12.1 Å². The maximum atomic E-state index is 12.3. The van der Waals surface area contributed by atoms with Gasteiger partial charge in [-0.25, -0.2) is 0 Å². The molecule has 1 aromatic heterocycles. The Labute approximate surface area is 154 Å². The number of hydrogen-bond acceptors (Lipinski definition) is 3. The zero-order valence-corrected chi connectivity index (χ0v) is 15.6. The number of anilines is 1.